The zero-order valence-electron chi connectivity index (χ0n) is 11.5. The SMILES string of the molecule is CCN(CCCO)c1ccc(N)c(OC(C)C)c1. The van der Waals surface area contributed by atoms with E-state index >= 15 is 0 Å². The van der Waals surface area contributed by atoms with Gasteiger partial charge in [-0.1, -0.05) is 0 Å². The van der Waals surface area contributed by atoms with Gasteiger partial charge in [-0.05, 0) is 39.3 Å². The molecule has 0 fully saturated rings. The number of aliphatic hydroxyl groups is 1. The first-order chi connectivity index (χ1) is 8.58. The van der Waals surface area contributed by atoms with Gasteiger partial charge in [-0.15, -0.1) is 0 Å². The van der Waals surface area contributed by atoms with Crippen molar-refractivity contribution in [3.8, 4) is 5.75 Å². The molecule has 1 rings (SSSR count). The molecule has 0 saturated carbocycles. The van der Waals surface area contributed by atoms with Crippen LogP contribution in [0.3, 0.4) is 0 Å². The molecule has 0 aliphatic heterocycles. The molecule has 0 amide bonds. The van der Waals surface area contributed by atoms with Crippen molar-refractivity contribution >= 4 is 11.4 Å². The Kier molecular flexibility index (Phi) is 5.78. The molecule has 1 aromatic rings. The van der Waals surface area contributed by atoms with Crippen molar-refractivity contribution < 1.29 is 9.84 Å². The van der Waals surface area contributed by atoms with Gasteiger partial charge in [0.15, 0.2) is 0 Å². The predicted molar refractivity (Wildman–Crippen MR) is 76.2 cm³/mol. The average molecular weight is 252 g/mol. The molecule has 0 bridgehead atoms. The number of hydrogen-bond acceptors (Lipinski definition) is 4. The number of nitrogens with zero attached hydrogens (tertiary/aromatic N) is 1. The molecule has 4 heteroatoms. The van der Waals surface area contributed by atoms with E-state index in [1.54, 1.807) is 0 Å². The van der Waals surface area contributed by atoms with Gasteiger partial charge in [0.1, 0.15) is 5.75 Å². The summed E-state index contributed by atoms with van der Waals surface area (Å²) in [6.45, 7) is 7.99. The van der Waals surface area contributed by atoms with Crippen molar-refractivity contribution in [1.82, 2.24) is 0 Å². The van der Waals surface area contributed by atoms with Crippen molar-refractivity contribution in [3.63, 3.8) is 0 Å². The molecule has 4 nitrogen and oxygen atoms in total. The summed E-state index contributed by atoms with van der Waals surface area (Å²) in [5.41, 5.74) is 7.63. The lowest BCUT2D eigenvalue weighted by atomic mass is 10.2. The Morgan fingerprint density at radius 1 is 1.39 bits per heavy atom. The van der Waals surface area contributed by atoms with E-state index in [9.17, 15) is 0 Å². The molecule has 0 unspecified atom stereocenters. The molecule has 0 aliphatic carbocycles. The van der Waals surface area contributed by atoms with Crippen molar-refractivity contribution in [1.29, 1.82) is 0 Å². The number of rotatable bonds is 7. The Bertz CT molecular complexity index is 367. The van der Waals surface area contributed by atoms with E-state index in [2.05, 4.69) is 11.8 Å². The lowest BCUT2D eigenvalue weighted by Gasteiger charge is -2.24. The van der Waals surface area contributed by atoms with Gasteiger partial charge in [0.05, 0.1) is 11.8 Å². The second kappa shape index (κ2) is 7.11. The van der Waals surface area contributed by atoms with Crippen LogP contribution in [0.5, 0.6) is 5.75 Å². The van der Waals surface area contributed by atoms with E-state index in [-0.39, 0.29) is 12.7 Å². The van der Waals surface area contributed by atoms with Crippen LogP contribution < -0.4 is 15.4 Å². The average Bonchev–Trinajstić information content (AvgIpc) is 2.33. The van der Waals surface area contributed by atoms with E-state index in [1.165, 1.54) is 0 Å². The molecule has 0 radical (unpaired) electrons. The Morgan fingerprint density at radius 2 is 2.11 bits per heavy atom. The minimum absolute atomic E-state index is 0.107. The highest BCUT2D eigenvalue weighted by atomic mass is 16.5. The van der Waals surface area contributed by atoms with Gasteiger partial charge >= 0.3 is 0 Å². The van der Waals surface area contributed by atoms with Crippen molar-refractivity contribution in [2.45, 2.75) is 33.3 Å². The Morgan fingerprint density at radius 3 is 2.67 bits per heavy atom. The molecule has 3 N–H and O–H groups in total. The maximum absolute atomic E-state index is 8.90. The molecular formula is C14H24N2O2. The zero-order valence-corrected chi connectivity index (χ0v) is 11.5. The van der Waals surface area contributed by atoms with Crippen LogP contribution in [-0.2, 0) is 0 Å². The molecule has 102 valence electrons. The second-order valence-corrected chi connectivity index (χ2v) is 4.55. The van der Waals surface area contributed by atoms with Gasteiger partial charge in [0, 0.05) is 31.5 Å². The van der Waals surface area contributed by atoms with Crippen molar-refractivity contribution in [2.24, 2.45) is 0 Å². The summed E-state index contributed by atoms with van der Waals surface area (Å²) in [5, 5.41) is 8.90. The molecule has 0 heterocycles. The number of aliphatic hydroxyl groups excluding tert-OH is 1. The van der Waals surface area contributed by atoms with E-state index in [1.807, 2.05) is 32.0 Å². The topological polar surface area (TPSA) is 58.7 Å². The largest absolute Gasteiger partial charge is 0.489 e. The van der Waals surface area contributed by atoms with E-state index in [0.29, 0.717) is 5.69 Å². The maximum Gasteiger partial charge on any atom is 0.144 e. The number of ether oxygens (including phenoxy) is 1. The summed E-state index contributed by atoms with van der Waals surface area (Å²) in [6, 6.07) is 5.83. The number of benzene rings is 1. The third kappa shape index (κ3) is 4.11. The third-order valence-corrected chi connectivity index (χ3v) is 2.69. The molecule has 0 aliphatic rings. The minimum atomic E-state index is 0.107. The summed E-state index contributed by atoms with van der Waals surface area (Å²) < 4.78 is 5.68. The fourth-order valence-electron chi connectivity index (χ4n) is 1.81. The molecule has 18 heavy (non-hydrogen) atoms. The van der Waals surface area contributed by atoms with Crippen LogP contribution in [0.4, 0.5) is 11.4 Å². The van der Waals surface area contributed by atoms with Crippen molar-refractivity contribution in [2.75, 3.05) is 30.3 Å². The highest BCUT2D eigenvalue weighted by Gasteiger charge is 2.09. The van der Waals surface area contributed by atoms with Crippen LogP contribution in [0, 0.1) is 0 Å². The van der Waals surface area contributed by atoms with E-state index < -0.39 is 0 Å². The number of nitrogen functional groups attached to an aromatic ring is 1. The van der Waals surface area contributed by atoms with Gasteiger partial charge in [-0.25, -0.2) is 0 Å². The maximum atomic E-state index is 8.90. The fourth-order valence-corrected chi connectivity index (χ4v) is 1.81. The summed E-state index contributed by atoms with van der Waals surface area (Å²) in [4.78, 5) is 2.20. The van der Waals surface area contributed by atoms with Gasteiger partial charge in [0.25, 0.3) is 0 Å². The Balaban J connectivity index is 2.87. The molecule has 0 aromatic heterocycles. The van der Waals surface area contributed by atoms with Gasteiger partial charge in [-0.2, -0.15) is 0 Å². The molecule has 0 atom stereocenters. The highest BCUT2D eigenvalue weighted by Crippen LogP contribution is 2.28. The zero-order chi connectivity index (χ0) is 13.5. The normalized spacial score (nSPS) is 10.7. The molecular weight excluding hydrogens is 228 g/mol. The lowest BCUT2D eigenvalue weighted by Crippen LogP contribution is -2.24. The smallest absolute Gasteiger partial charge is 0.144 e. The fraction of sp³-hybridized carbons (Fsp3) is 0.571. The van der Waals surface area contributed by atoms with Crippen LogP contribution >= 0.6 is 0 Å². The Labute approximate surface area is 109 Å². The quantitative estimate of drug-likeness (QED) is 0.731. The second-order valence-electron chi connectivity index (χ2n) is 4.55. The van der Waals surface area contributed by atoms with Crippen molar-refractivity contribution in [3.05, 3.63) is 18.2 Å². The van der Waals surface area contributed by atoms with Crippen LogP contribution in [0.2, 0.25) is 0 Å². The summed E-state index contributed by atoms with van der Waals surface area (Å²) >= 11 is 0. The molecule has 1 aromatic carbocycles. The van der Waals surface area contributed by atoms with Crippen LogP contribution in [0.25, 0.3) is 0 Å². The number of nitrogens with two attached hydrogens (primary N) is 1. The van der Waals surface area contributed by atoms with Crippen LogP contribution in [0.15, 0.2) is 18.2 Å². The van der Waals surface area contributed by atoms with Gasteiger partial charge in [-0.3, -0.25) is 0 Å². The highest BCUT2D eigenvalue weighted by molar-refractivity contribution is 5.62. The van der Waals surface area contributed by atoms with Gasteiger partial charge < -0.3 is 20.5 Å². The van der Waals surface area contributed by atoms with Gasteiger partial charge in [0.2, 0.25) is 0 Å². The minimum Gasteiger partial charge on any atom is -0.489 e. The number of hydrogen-bond donors (Lipinski definition) is 2. The Hall–Kier alpha value is -1.42. The molecule has 0 saturated heterocycles. The third-order valence-electron chi connectivity index (χ3n) is 2.69. The summed E-state index contributed by atoms with van der Waals surface area (Å²) in [5.74, 6) is 0.727. The van der Waals surface area contributed by atoms with E-state index in [4.69, 9.17) is 15.6 Å². The first-order valence-electron chi connectivity index (χ1n) is 6.50. The van der Waals surface area contributed by atoms with Crippen LogP contribution in [0.1, 0.15) is 27.2 Å². The van der Waals surface area contributed by atoms with E-state index in [0.717, 1.165) is 30.9 Å². The molecule has 0 spiro atoms. The summed E-state index contributed by atoms with van der Waals surface area (Å²) in [7, 11) is 0. The number of anilines is 2. The first-order valence-corrected chi connectivity index (χ1v) is 6.50. The lowest BCUT2D eigenvalue weighted by molar-refractivity contribution is 0.244. The standard InChI is InChI=1S/C14H24N2O2/c1-4-16(8-5-9-17)12-6-7-13(15)14(10-12)18-11(2)3/h6-7,10-11,17H,4-5,8-9,15H2,1-3H3. The summed E-state index contributed by atoms with van der Waals surface area (Å²) in [6.07, 6.45) is 0.869. The van der Waals surface area contributed by atoms with Crippen LogP contribution in [-0.4, -0.2) is 30.9 Å². The first kappa shape index (κ1) is 14.6. The predicted octanol–water partition coefficient (Wildman–Crippen LogP) is 2.26. The monoisotopic (exact) mass is 252 g/mol.